The van der Waals surface area contributed by atoms with Crippen molar-refractivity contribution in [1.82, 2.24) is 10.2 Å². The molecule has 110 valence electrons. The van der Waals surface area contributed by atoms with Crippen LogP contribution < -0.4 is 5.32 Å². The number of nitrogens with one attached hydrogen (secondary N) is 1. The highest BCUT2D eigenvalue weighted by Crippen LogP contribution is 2.24. The monoisotopic (exact) mass is 280 g/mol. The van der Waals surface area contributed by atoms with Crippen molar-refractivity contribution in [2.45, 2.75) is 25.9 Å². The Balaban J connectivity index is 1.80. The average molecular weight is 280 g/mol. The summed E-state index contributed by atoms with van der Waals surface area (Å²) in [6.45, 7) is 6.48. The Morgan fingerprint density at radius 3 is 2.57 bits per heavy atom. The second-order valence-electron chi connectivity index (χ2n) is 5.94. The fourth-order valence-corrected chi connectivity index (χ4v) is 3.05. The molecule has 2 aromatic rings. The van der Waals surface area contributed by atoms with E-state index in [1.165, 1.54) is 23.1 Å². The molecule has 1 aliphatic rings. The van der Waals surface area contributed by atoms with E-state index in [9.17, 15) is 0 Å². The van der Waals surface area contributed by atoms with Gasteiger partial charge < -0.3 is 5.32 Å². The van der Waals surface area contributed by atoms with Crippen LogP contribution in [0.3, 0.4) is 0 Å². The molecule has 3 rings (SSSR count). The van der Waals surface area contributed by atoms with Crippen molar-refractivity contribution in [1.29, 1.82) is 0 Å². The third-order valence-corrected chi connectivity index (χ3v) is 4.27. The van der Waals surface area contributed by atoms with Gasteiger partial charge >= 0.3 is 0 Å². The van der Waals surface area contributed by atoms with Crippen LogP contribution in [0, 0.1) is 6.92 Å². The third-order valence-electron chi connectivity index (χ3n) is 4.27. The molecule has 1 aliphatic heterocycles. The van der Waals surface area contributed by atoms with Gasteiger partial charge in [0, 0.05) is 25.7 Å². The lowest BCUT2D eigenvalue weighted by atomic mass is 10.0. The zero-order chi connectivity index (χ0) is 14.5. The first-order chi connectivity index (χ1) is 10.3. The minimum atomic E-state index is 0.468. The topological polar surface area (TPSA) is 15.3 Å². The van der Waals surface area contributed by atoms with Crippen LogP contribution in [0.1, 0.15) is 29.2 Å². The molecule has 1 fully saturated rings. The van der Waals surface area contributed by atoms with Gasteiger partial charge in [0.25, 0.3) is 0 Å². The maximum Gasteiger partial charge on any atom is 0.0476 e. The van der Waals surface area contributed by atoms with Gasteiger partial charge in [-0.1, -0.05) is 60.2 Å². The van der Waals surface area contributed by atoms with Crippen molar-refractivity contribution < 1.29 is 0 Å². The Morgan fingerprint density at radius 1 is 1.05 bits per heavy atom. The highest BCUT2D eigenvalue weighted by molar-refractivity contribution is 5.23. The fourth-order valence-electron chi connectivity index (χ4n) is 3.05. The Bertz CT molecular complexity index is 548. The molecule has 0 amide bonds. The fraction of sp³-hybridized carbons (Fsp3) is 0.368. The molecule has 0 spiro atoms. The lowest BCUT2D eigenvalue weighted by Crippen LogP contribution is -2.32. The van der Waals surface area contributed by atoms with Crippen LogP contribution in [0.4, 0.5) is 0 Å². The molecule has 0 radical (unpaired) electrons. The molecule has 1 unspecified atom stereocenters. The quantitative estimate of drug-likeness (QED) is 0.925. The van der Waals surface area contributed by atoms with Gasteiger partial charge in [0.2, 0.25) is 0 Å². The van der Waals surface area contributed by atoms with Crippen molar-refractivity contribution >= 4 is 0 Å². The Hall–Kier alpha value is -1.64. The van der Waals surface area contributed by atoms with Crippen LogP contribution in [-0.4, -0.2) is 24.5 Å². The normalized spacial score (nSPS) is 20.1. The second kappa shape index (κ2) is 6.88. The Morgan fingerprint density at radius 2 is 1.81 bits per heavy atom. The molecule has 2 heteroatoms. The van der Waals surface area contributed by atoms with E-state index < -0.39 is 0 Å². The number of hydrogen-bond donors (Lipinski definition) is 1. The minimum Gasteiger partial charge on any atom is -0.315 e. The van der Waals surface area contributed by atoms with Gasteiger partial charge in [-0.2, -0.15) is 0 Å². The van der Waals surface area contributed by atoms with Crippen LogP contribution in [-0.2, 0) is 6.54 Å². The smallest absolute Gasteiger partial charge is 0.0476 e. The maximum atomic E-state index is 3.58. The first-order valence-electron chi connectivity index (χ1n) is 7.88. The van der Waals surface area contributed by atoms with E-state index in [-0.39, 0.29) is 0 Å². The lowest BCUT2D eigenvalue weighted by molar-refractivity contribution is 0.202. The van der Waals surface area contributed by atoms with Gasteiger partial charge in [-0.05, 0) is 31.0 Å². The Labute approximate surface area is 127 Å². The summed E-state index contributed by atoms with van der Waals surface area (Å²) >= 11 is 0. The van der Waals surface area contributed by atoms with Gasteiger partial charge in [-0.25, -0.2) is 0 Å². The predicted molar refractivity (Wildman–Crippen MR) is 88.3 cm³/mol. The summed E-state index contributed by atoms with van der Waals surface area (Å²) in [5.74, 6) is 0. The third kappa shape index (κ3) is 3.72. The summed E-state index contributed by atoms with van der Waals surface area (Å²) in [6.07, 6.45) is 1.22. The number of nitrogens with zero attached hydrogens (tertiary/aromatic N) is 1. The minimum absolute atomic E-state index is 0.468. The molecular formula is C19H24N2. The molecule has 0 saturated carbocycles. The van der Waals surface area contributed by atoms with Crippen LogP contribution in [0.2, 0.25) is 0 Å². The summed E-state index contributed by atoms with van der Waals surface area (Å²) in [7, 11) is 0. The van der Waals surface area contributed by atoms with Crippen molar-refractivity contribution in [3.05, 3.63) is 71.3 Å². The molecule has 0 aromatic heterocycles. The van der Waals surface area contributed by atoms with Crippen molar-refractivity contribution in [2.24, 2.45) is 0 Å². The highest BCUT2D eigenvalue weighted by Gasteiger charge is 2.22. The molecule has 0 aliphatic carbocycles. The van der Waals surface area contributed by atoms with Crippen molar-refractivity contribution in [3.63, 3.8) is 0 Å². The molecule has 1 atom stereocenters. The molecule has 0 bridgehead atoms. The number of aryl methyl sites for hydroxylation is 1. The van der Waals surface area contributed by atoms with Crippen LogP contribution in [0.5, 0.6) is 0 Å². The largest absolute Gasteiger partial charge is 0.315 e. The summed E-state index contributed by atoms with van der Waals surface area (Å²) in [5, 5.41) is 3.58. The van der Waals surface area contributed by atoms with Gasteiger partial charge in [-0.3, -0.25) is 4.90 Å². The maximum absolute atomic E-state index is 3.58. The van der Waals surface area contributed by atoms with E-state index in [1.54, 1.807) is 0 Å². The van der Waals surface area contributed by atoms with Crippen molar-refractivity contribution in [2.75, 3.05) is 19.6 Å². The molecular weight excluding hydrogens is 256 g/mol. The van der Waals surface area contributed by atoms with Gasteiger partial charge in [0.05, 0.1) is 0 Å². The summed E-state index contributed by atoms with van der Waals surface area (Å²) in [6, 6.07) is 20.3. The molecule has 1 N–H and O–H groups in total. The van der Waals surface area contributed by atoms with E-state index in [2.05, 4.69) is 71.7 Å². The van der Waals surface area contributed by atoms with E-state index in [0.29, 0.717) is 6.04 Å². The number of rotatable bonds is 3. The van der Waals surface area contributed by atoms with E-state index in [0.717, 1.165) is 26.2 Å². The summed E-state index contributed by atoms with van der Waals surface area (Å²) in [5.41, 5.74) is 4.15. The lowest BCUT2D eigenvalue weighted by Gasteiger charge is -2.30. The first-order valence-corrected chi connectivity index (χ1v) is 7.88. The molecule has 1 saturated heterocycles. The van der Waals surface area contributed by atoms with Crippen LogP contribution >= 0.6 is 0 Å². The standard InChI is InChI=1S/C19H24N2/c1-16-8-10-17(11-9-16)15-21-13-5-12-20-14-19(21)18-6-3-2-4-7-18/h2-4,6-11,19-20H,5,12-15H2,1H3. The van der Waals surface area contributed by atoms with Crippen molar-refractivity contribution in [3.8, 4) is 0 Å². The van der Waals surface area contributed by atoms with Gasteiger partial charge in [-0.15, -0.1) is 0 Å². The molecule has 2 aromatic carbocycles. The second-order valence-corrected chi connectivity index (χ2v) is 5.94. The molecule has 21 heavy (non-hydrogen) atoms. The zero-order valence-corrected chi connectivity index (χ0v) is 12.8. The Kier molecular flexibility index (Phi) is 4.69. The SMILES string of the molecule is Cc1ccc(CN2CCCNCC2c2ccccc2)cc1. The molecule has 1 heterocycles. The van der Waals surface area contributed by atoms with E-state index in [1.807, 2.05) is 0 Å². The summed E-state index contributed by atoms with van der Waals surface area (Å²) in [4.78, 5) is 2.61. The number of benzene rings is 2. The van der Waals surface area contributed by atoms with Crippen LogP contribution in [0.15, 0.2) is 54.6 Å². The summed E-state index contributed by atoms with van der Waals surface area (Å²) < 4.78 is 0. The van der Waals surface area contributed by atoms with E-state index >= 15 is 0 Å². The average Bonchev–Trinajstić information content (AvgIpc) is 2.76. The van der Waals surface area contributed by atoms with Crippen LogP contribution in [0.25, 0.3) is 0 Å². The number of hydrogen-bond acceptors (Lipinski definition) is 2. The van der Waals surface area contributed by atoms with Gasteiger partial charge in [0.1, 0.15) is 0 Å². The zero-order valence-electron chi connectivity index (χ0n) is 12.8. The predicted octanol–water partition coefficient (Wildman–Crippen LogP) is 3.53. The van der Waals surface area contributed by atoms with E-state index in [4.69, 9.17) is 0 Å². The molecule has 2 nitrogen and oxygen atoms in total. The highest BCUT2D eigenvalue weighted by atomic mass is 15.2. The van der Waals surface area contributed by atoms with Gasteiger partial charge in [0.15, 0.2) is 0 Å². The first kappa shape index (κ1) is 14.3.